The van der Waals surface area contributed by atoms with Gasteiger partial charge in [0.2, 0.25) is 5.91 Å². The van der Waals surface area contributed by atoms with Crippen LogP contribution in [0.4, 0.5) is 0 Å². The zero-order chi connectivity index (χ0) is 22.2. The molecule has 2 N–H and O–H groups in total. The molecular formula is C27H32N4O. The first kappa shape index (κ1) is 21.9. The second-order valence-corrected chi connectivity index (χ2v) is 8.46. The molecule has 5 heteroatoms. The van der Waals surface area contributed by atoms with Crippen LogP contribution in [0.1, 0.15) is 17.5 Å². The molecule has 1 amide bonds. The Kier molecular flexibility index (Phi) is 7.38. The Labute approximate surface area is 190 Å². The lowest BCUT2D eigenvalue weighted by atomic mass is 10.1. The lowest BCUT2D eigenvalue weighted by Gasteiger charge is -2.18. The van der Waals surface area contributed by atoms with Gasteiger partial charge in [0.1, 0.15) is 0 Å². The van der Waals surface area contributed by atoms with E-state index in [9.17, 15) is 4.79 Å². The summed E-state index contributed by atoms with van der Waals surface area (Å²) in [7, 11) is 1.79. The summed E-state index contributed by atoms with van der Waals surface area (Å²) in [5.74, 6) is 1.37. The minimum atomic E-state index is 0.256. The van der Waals surface area contributed by atoms with Gasteiger partial charge in [-0.2, -0.15) is 0 Å². The largest absolute Gasteiger partial charge is 0.356 e. The maximum atomic E-state index is 12.4. The third-order valence-corrected chi connectivity index (χ3v) is 6.11. The molecule has 0 aliphatic carbocycles. The number of carbonyl (C=O) groups excluding carboxylic acids is 1. The van der Waals surface area contributed by atoms with Crippen molar-refractivity contribution in [2.45, 2.75) is 19.3 Å². The molecule has 1 fully saturated rings. The number of hydrogen-bond donors (Lipinski definition) is 2. The third kappa shape index (κ3) is 5.88. The summed E-state index contributed by atoms with van der Waals surface area (Å²) in [5.41, 5.74) is 2.58. The van der Waals surface area contributed by atoms with Crippen LogP contribution in [0.15, 0.2) is 77.8 Å². The maximum Gasteiger partial charge on any atom is 0.223 e. The molecule has 0 saturated carbocycles. The molecule has 4 rings (SSSR count). The Balaban J connectivity index is 1.19. The average molecular weight is 429 g/mol. The number of aliphatic imine (C=N–C) groups is 1. The molecular weight excluding hydrogens is 396 g/mol. The van der Waals surface area contributed by atoms with E-state index in [0.29, 0.717) is 12.3 Å². The zero-order valence-corrected chi connectivity index (χ0v) is 18.8. The van der Waals surface area contributed by atoms with Crippen molar-refractivity contribution in [3.63, 3.8) is 0 Å². The number of guanidine groups is 1. The van der Waals surface area contributed by atoms with Gasteiger partial charge in [0, 0.05) is 45.6 Å². The molecule has 1 saturated heterocycles. The molecule has 3 aromatic rings. The van der Waals surface area contributed by atoms with Crippen molar-refractivity contribution in [3.8, 4) is 0 Å². The molecule has 0 aromatic heterocycles. The van der Waals surface area contributed by atoms with Gasteiger partial charge in [-0.3, -0.25) is 9.79 Å². The maximum absolute atomic E-state index is 12.4. The number of amides is 1. The second-order valence-electron chi connectivity index (χ2n) is 8.46. The van der Waals surface area contributed by atoms with Crippen molar-refractivity contribution in [3.05, 3.63) is 83.9 Å². The fourth-order valence-corrected chi connectivity index (χ4v) is 4.30. The molecule has 0 bridgehead atoms. The van der Waals surface area contributed by atoms with Crippen LogP contribution in [0.2, 0.25) is 0 Å². The van der Waals surface area contributed by atoms with Gasteiger partial charge >= 0.3 is 0 Å². The van der Waals surface area contributed by atoms with E-state index < -0.39 is 0 Å². The highest BCUT2D eigenvalue weighted by Crippen LogP contribution is 2.18. The number of carbonyl (C=O) groups is 1. The molecule has 0 spiro atoms. The van der Waals surface area contributed by atoms with Crippen LogP contribution in [0.25, 0.3) is 10.8 Å². The number of fused-ring (bicyclic) bond motifs is 1. The first-order chi connectivity index (χ1) is 15.7. The van der Waals surface area contributed by atoms with E-state index in [2.05, 4.69) is 70.2 Å². The Morgan fingerprint density at radius 2 is 1.72 bits per heavy atom. The first-order valence-electron chi connectivity index (χ1n) is 11.4. The molecule has 1 aliphatic heterocycles. The summed E-state index contributed by atoms with van der Waals surface area (Å²) < 4.78 is 0. The molecule has 166 valence electrons. The fraction of sp³-hybridized carbons (Fsp3) is 0.333. The van der Waals surface area contributed by atoms with Gasteiger partial charge in [-0.05, 0) is 34.7 Å². The summed E-state index contributed by atoms with van der Waals surface area (Å²) in [5, 5.41) is 9.34. The van der Waals surface area contributed by atoms with E-state index in [1.807, 2.05) is 23.1 Å². The fourth-order valence-electron chi connectivity index (χ4n) is 4.30. The third-order valence-electron chi connectivity index (χ3n) is 6.11. The summed E-state index contributed by atoms with van der Waals surface area (Å²) in [4.78, 5) is 18.7. The molecule has 5 nitrogen and oxygen atoms in total. The predicted octanol–water partition coefficient (Wildman–Crippen LogP) is 3.64. The number of benzene rings is 3. The van der Waals surface area contributed by atoms with Crippen LogP contribution < -0.4 is 10.6 Å². The number of rotatable bonds is 8. The van der Waals surface area contributed by atoms with Crippen molar-refractivity contribution < 1.29 is 4.79 Å². The Morgan fingerprint density at radius 1 is 0.938 bits per heavy atom. The first-order valence-corrected chi connectivity index (χ1v) is 11.4. The quantitative estimate of drug-likeness (QED) is 0.425. The molecule has 1 unspecified atom stereocenters. The molecule has 1 aliphatic rings. The summed E-state index contributed by atoms with van der Waals surface area (Å²) >= 11 is 0. The van der Waals surface area contributed by atoms with Crippen molar-refractivity contribution in [1.29, 1.82) is 0 Å². The smallest absolute Gasteiger partial charge is 0.223 e. The minimum Gasteiger partial charge on any atom is -0.356 e. The summed E-state index contributed by atoms with van der Waals surface area (Å²) in [6, 6.07) is 25.4. The van der Waals surface area contributed by atoms with Crippen molar-refractivity contribution in [2.75, 3.05) is 33.2 Å². The van der Waals surface area contributed by atoms with Crippen molar-refractivity contribution in [1.82, 2.24) is 15.5 Å². The number of nitrogens with one attached hydrogen (secondary N) is 2. The molecule has 32 heavy (non-hydrogen) atoms. The highest BCUT2D eigenvalue weighted by Gasteiger charge is 2.29. The van der Waals surface area contributed by atoms with Crippen LogP contribution in [-0.4, -0.2) is 50.0 Å². The average Bonchev–Trinajstić information content (AvgIpc) is 3.19. The SMILES string of the molecule is CN=C(NCCc1ccc2ccccc2c1)NCC1CC(=O)N(CCc2ccccc2)C1. The number of hydrogen-bond acceptors (Lipinski definition) is 2. The van der Waals surface area contributed by atoms with Gasteiger partial charge in [-0.1, -0.05) is 72.8 Å². The van der Waals surface area contributed by atoms with E-state index in [1.165, 1.54) is 21.9 Å². The molecule has 1 atom stereocenters. The van der Waals surface area contributed by atoms with Gasteiger partial charge in [0.25, 0.3) is 0 Å². The summed E-state index contributed by atoms with van der Waals surface area (Å²) in [6.07, 6.45) is 2.45. The van der Waals surface area contributed by atoms with E-state index >= 15 is 0 Å². The van der Waals surface area contributed by atoms with Crippen molar-refractivity contribution >= 4 is 22.6 Å². The second kappa shape index (κ2) is 10.8. The molecule has 3 aromatic carbocycles. The lowest BCUT2D eigenvalue weighted by Crippen LogP contribution is -2.41. The molecule has 1 heterocycles. The van der Waals surface area contributed by atoms with E-state index in [0.717, 1.165) is 45.0 Å². The van der Waals surface area contributed by atoms with Crippen LogP contribution in [0, 0.1) is 5.92 Å². The number of likely N-dealkylation sites (tertiary alicyclic amines) is 1. The van der Waals surface area contributed by atoms with Crippen LogP contribution in [0.5, 0.6) is 0 Å². The van der Waals surface area contributed by atoms with Gasteiger partial charge in [0.05, 0.1) is 0 Å². The van der Waals surface area contributed by atoms with Gasteiger partial charge < -0.3 is 15.5 Å². The van der Waals surface area contributed by atoms with E-state index in [4.69, 9.17) is 0 Å². The Bertz CT molecular complexity index is 1060. The lowest BCUT2D eigenvalue weighted by molar-refractivity contribution is -0.127. The van der Waals surface area contributed by atoms with E-state index in [1.54, 1.807) is 7.05 Å². The highest BCUT2D eigenvalue weighted by atomic mass is 16.2. The molecule has 0 radical (unpaired) electrons. The Hall–Kier alpha value is -3.34. The van der Waals surface area contributed by atoms with Crippen LogP contribution in [-0.2, 0) is 17.6 Å². The zero-order valence-electron chi connectivity index (χ0n) is 18.8. The van der Waals surface area contributed by atoms with Gasteiger partial charge in [-0.15, -0.1) is 0 Å². The minimum absolute atomic E-state index is 0.256. The van der Waals surface area contributed by atoms with Gasteiger partial charge in [0.15, 0.2) is 5.96 Å². The standard InChI is InChI=1S/C27H32N4O/c1-28-27(29-15-13-22-11-12-24-9-5-6-10-25(24)17-22)30-19-23-18-26(32)31(20-23)16-14-21-7-3-2-4-8-21/h2-12,17,23H,13-16,18-20H2,1H3,(H2,28,29,30). The van der Waals surface area contributed by atoms with Crippen molar-refractivity contribution in [2.24, 2.45) is 10.9 Å². The topological polar surface area (TPSA) is 56.7 Å². The predicted molar refractivity (Wildman–Crippen MR) is 132 cm³/mol. The van der Waals surface area contributed by atoms with Crippen LogP contribution in [0.3, 0.4) is 0 Å². The highest BCUT2D eigenvalue weighted by molar-refractivity contribution is 5.83. The van der Waals surface area contributed by atoms with Gasteiger partial charge in [-0.25, -0.2) is 0 Å². The normalized spacial score (nSPS) is 16.5. The van der Waals surface area contributed by atoms with E-state index in [-0.39, 0.29) is 5.91 Å². The van der Waals surface area contributed by atoms with Crippen LogP contribution >= 0.6 is 0 Å². The monoisotopic (exact) mass is 428 g/mol. The Morgan fingerprint density at radius 3 is 2.53 bits per heavy atom. The summed E-state index contributed by atoms with van der Waals surface area (Å²) in [6.45, 7) is 3.17. The number of nitrogens with zero attached hydrogens (tertiary/aromatic N) is 2.